The Kier molecular flexibility index (Phi) is 9.70. The first-order valence-corrected chi connectivity index (χ1v) is 16.4. The van der Waals surface area contributed by atoms with E-state index in [1.54, 1.807) is 31.5 Å². The zero-order valence-electron chi connectivity index (χ0n) is 27.7. The number of benzene rings is 2. The lowest BCUT2D eigenvalue weighted by atomic mass is 9.97. The number of nitrogens with two attached hydrogens (primary N) is 1. The lowest BCUT2D eigenvalue weighted by Gasteiger charge is -2.23. The summed E-state index contributed by atoms with van der Waals surface area (Å²) in [4.78, 5) is 4.82. The van der Waals surface area contributed by atoms with Crippen LogP contribution in [0.5, 0.6) is 11.5 Å². The Morgan fingerprint density at radius 3 is 2.47 bits per heavy atom. The van der Waals surface area contributed by atoms with Gasteiger partial charge in [0.2, 0.25) is 0 Å². The van der Waals surface area contributed by atoms with Gasteiger partial charge in [-0.3, -0.25) is 0 Å². The highest BCUT2D eigenvalue weighted by Crippen LogP contribution is 2.52. The van der Waals surface area contributed by atoms with Crippen molar-refractivity contribution in [3.05, 3.63) is 72.1 Å². The number of piperidine rings is 1. The molecule has 6 rings (SSSR count). The van der Waals surface area contributed by atoms with Crippen LogP contribution in [0, 0.1) is 0 Å². The van der Waals surface area contributed by atoms with Gasteiger partial charge < -0.3 is 40.4 Å². The summed E-state index contributed by atoms with van der Waals surface area (Å²) in [5.41, 5.74) is 13.1. The third kappa shape index (κ3) is 6.94. The highest BCUT2D eigenvalue weighted by atomic mass is 16.6. The first-order valence-electron chi connectivity index (χ1n) is 16.4. The van der Waals surface area contributed by atoms with Crippen molar-refractivity contribution in [3.8, 4) is 22.6 Å². The number of aromatic nitrogens is 2. The second-order valence-electron chi connectivity index (χ2n) is 12.6. The van der Waals surface area contributed by atoms with Crippen LogP contribution in [0.15, 0.2) is 65.9 Å². The molecule has 2 aromatic heterocycles. The summed E-state index contributed by atoms with van der Waals surface area (Å²) in [6.07, 6.45) is 6.68. The molecule has 5 N–H and O–H groups in total. The van der Waals surface area contributed by atoms with E-state index in [1.807, 2.05) is 41.9 Å². The second-order valence-corrected chi connectivity index (χ2v) is 12.6. The van der Waals surface area contributed by atoms with Crippen molar-refractivity contribution in [2.24, 2.45) is 10.7 Å². The standard InChI is InChI=1S/C36H46N6O5/c1-5-24-20-27(43)8-11-30(24)39-34(37)29-22-38-42-23-26(21-31(42)33(29)40-32-12-13-35(2)36(32,3)41-35)25-6-9-28(10-7-25)47-19-18-46-17-16-45-15-14-44-4/h6-11,20-23,32,40-41,43H,5,12-19H2,1-4H3,(H2,37,39). The number of phenolic OH excluding ortho intramolecular Hbond substituents is 1. The maximum Gasteiger partial charge on any atom is 0.135 e. The minimum absolute atomic E-state index is 0.00307. The van der Waals surface area contributed by atoms with E-state index in [2.05, 4.69) is 30.5 Å². The lowest BCUT2D eigenvalue weighted by molar-refractivity contribution is 0.0180. The van der Waals surface area contributed by atoms with Crippen LogP contribution in [0.1, 0.15) is 44.7 Å². The molecule has 4 aromatic rings. The van der Waals surface area contributed by atoms with Crippen LogP contribution in [0.4, 0.5) is 11.4 Å². The molecular formula is C36H46N6O5. The monoisotopic (exact) mass is 642 g/mol. The Morgan fingerprint density at radius 2 is 1.79 bits per heavy atom. The van der Waals surface area contributed by atoms with Gasteiger partial charge in [0.05, 0.1) is 67.2 Å². The molecule has 2 aromatic carbocycles. The van der Waals surface area contributed by atoms with Crippen molar-refractivity contribution in [2.45, 2.75) is 57.2 Å². The molecule has 1 saturated carbocycles. The van der Waals surface area contributed by atoms with Gasteiger partial charge in [-0.05, 0) is 80.6 Å². The molecule has 3 heterocycles. The van der Waals surface area contributed by atoms with Crippen molar-refractivity contribution in [1.29, 1.82) is 0 Å². The number of anilines is 1. The maximum absolute atomic E-state index is 9.99. The molecule has 250 valence electrons. The number of methoxy groups -OCH3 is 1. The second kappa shape index (κ2) is 13.9. The third-order valence-electron chi connectivity index (χ3n) is 9.65. The third-order valence-corrected chi connectivity index (χ3v) is 9.65. The van der Waals surface area contributed by atoms with Crippen molar-refractivity contribution in [2.75, 3.05) is 52.1 Å². The SMILES string of the molecule is CCc1cc(O)ccc1N=C(N)c1cnn2cc(-c3ccc(OCCOCCOCCOC)cc3)cc2c1NC1CCC2(C)NC12C. The summed E-state index contributed by atoms with van der Waals surface area (Å²) in [5.74, 6) is 1.35. The molecule has 47 heavy (non-hydrogen) atoms. The van der Waals surface area contributed by atoms with Crippen LogP contribution >= 0.6 is 0 Å². The van der Waals surface area contributed by atoms with Gasteiger partial charge in [0.1, 0.15) is 23.9 Å². The highest BCUT2D eigenvalue weighted by molar-refractivity contribution is 6.06. The van der Waals surface area contributed by atoms with Gasteiger partial charge >= 0.3 is 0 Å². The number of aromatic hydroxyl groups is 1. The quantitative estimate of drug-likeness (QED) is 0.0570. The van der Waals surface area contributed by atoms with E-state index < -0.39 is 0 Å². The number of hydrogen-bond acceptors (Lipinski definition) is 9. The predicted molar refractivity (Wildman–Crippen MR) is 184 cm³/mol. The van der Waals surface area contributed by atoms with Gasteiger partial charge in [0.25, 0.3) is 0 Å². The molecule has 0 bridgehead atoms. The van der Waals surface area contributed by atoms with Gasteiger partial charge in [-0.25, -0.2) is 9.51 Å². The number of nitrogens with one attached hydrogen (secondary N) is 2. The summed E-state index contributed by atoms with van der Waals surface area (Å²) in [7, 11) is 1.65. The number of phenols is 1. The summed E-state index contributed by atoms with van der Waals surface area (Å²) < 4.78 is 23.7. The lowest BCUT2D eigenvalue weighted by Crippen LogP contribution is -2.36. The Labute approximate surface area is 276 Å². The van der Waals surface area contributed by atoms with Crippen LogP contribution in [-0.4, -0.2) is 84.4 Å². The van der Waals surface area contributed by atoms with Gasteiger partial charge in [-0.15, -0.1) is 0 Å². The van der Waals surface area contributed by atoms with Crippen LogP contribution in [0.3, 0.4) is 0 Å². The molecule has 0 radical (unpaired) electrons. The Bertz CT molecular complexity index is 1720. The Balaban J connectivity index is 1.22. The average molecular weight is 643 g/mol. The molecule has 2 fully saturated rings. The van der Waals surface area contributed by atoms with Crippen molar-refractivity contribution >= 4 is 22.7 Å². The molecule has 11 heteroatoms. The molecule has 3 unspecified atom stereocenters. The Hall–Kier alpha value is -4.16. The van der Waals surface area contributed by atoms with Gasteiger partial charge in [0, 0.05) is 30.5 Å². The zero-order valence-corrected chi connectivity index (χ0v) is 27.7. The number of aliphatic imine (C=N–C) groups is 1. The molecule has 0 spiro atoms. The topological polar surface area (TPSA) is 147 Å². The minimum Gasteiger partial charge on any atom is -0.508 e. The summed E-state index contributed by atoms with van der Waals surface area (Å²) in [6.45, 7) is 9.75. The summed E-state index contributed by atoms with van der Waals surface area (Å²) in [6, 6.07) is 15.6. The normalized spacial score (nSPS) is 22.0. The van der Waals surface area contributed by atoms with Crippen LogP contribution < -0.4 is 21.1 Å². The van der Waals surface area contributed by atoms with Gasteiger partial charge in [0.15, 0.2) is 0 Å². The largest absolute Gasteiger partial charge is 0.508 e. The highest BCUT2D eigenvalue weighted by Gasteiger charge is 2.68. The molecular weight excluding hydrogens is 596 g/mol. The van der Waals surface area contributed by atoms with E-state index in [-0.39, 0.29) is 22.9 Å². The number of ether oxygens (including phenoxy) is 4. The van der Waals surface area contributed by atoms with Crippen LogP contribution in [0.2, 0.25) is 0 Å². The predicted octanol–water partition coefficient (Wildman–Crippen LogP) is 5.06. The van der Waals surface area contributed by atoms with Gasteiger partial charge in [-0.2, -0.15) is 5.10 Å². The molecule has 1 aliphatic carbocycles. The average Bonchev–Trinajstić information content (AvgIpc) is 3.31. The van der Waals surface area contributed by atoms with E-state index in [1.165, 1.54) is 0 Å². The van der Waals surface area contributed by atoms with E-state index in [0.717, 1.165) is 64.2 Å². The van der Waals surface area contributed by atoms with Crippen molar-refractivity contribution < 1.29 is 24.1 Å². The molecule has 11 nitrogen and oxygen atoms in total. The fraction of sp³-hybridized carbons (Fsp3) is 0.444. The summed E-state index contributed by atoms with van der Waals surface area (Å²) in [5, 5.41) is 22.3. The number of nitrogens with zero attached hydrogens (tertiary/aromatic N) is 3. The van der Waals surface area contributed by atoms with Gasteiger partial charge in [-0.1, -0.05) is 19.1 Å². The fourth-order valence-electron chi connectivity index (χ4n) is 6.59. The fourth-order valence-corrected chi connectivity index (χ4v) is 6.59. The molecule has 0 amide bonds. The van der Waals surface area contributed by atoms with E-state index in [4.69, 9.17) is 34.8 Å². The van der Waals surface area contributed by atoms with Crippen molar-refractivity contribution in [3.63, 3.8) is 0 Å². The van der Waals surface area contributed by atoms with Crippen LogP contribution in [0.25, 0.3) is 16.6 Å². The molecule has 1 aliphatic heterocycles. The molecule has 3 atom stereocenters. The summed E-state index contributed by atoms with van der Waals surface area (Å²) >= 11 is 0. The first kappa shape index (κ1) is 32.8. The number of hydrogen-bond donors (Lipinski definition) is 4. The number of fused-ring (bicyclic) bond motifs is 2. The Morgan fingerprint density at radius 1 is 1.04 bits per heavy atom. The number of aryl methyl sites for hydroxylation is 1. The van der Waals surface area contributed by atoms with E-state index in [9.17, 15) is 5.11 Å². The number of rotatable bonds is 16. The smallest absolute Gasteiger partial charge is 0.135 e. The molecule has 1 saturated heterocycles. The minimum atomic E-state index is -0.00307. The van der Waals surface area contributed by atoms with E-state index >= 15 is 0 Å². The zero-order chi connectivity index (χ0) is 33.0. The van der Waals surface area contributed by atoms with Crippen molar-refractivity contribution in [1.82, 2.24) is 14.9 Å². The number of amidine groups is 1. The first-order chi connectivity index (χ1) is 22.7. The molecule has 2 aliphatic rings. The maximum atomic E-state index is 9.99. The van der Waals surface area contributed by atoms with Crippen LogP contribution in [-0.2, 0) is 20.6 Å². The van der Waals surface area contributed by atoms with E-state index in [0.29, 0.717) is 45.5 Å².